The predicted octanol–water partition coefficient (Wildman–Crippen LogP) is 3.46. The summed E-state index contributed by atoms with van der Waals surface area (Å²) in [5, 5.41) is 24.6. The lowest BCUT2D eigenvalue weighted by Gasteiger charge is -2.52. The van der Waals surface area contributed by atoms with E-state index in [2.05, 4.69) is 20.1 Å². The van der Waals surface area contributed by atoms with Crippen LogP contribution < -0.4 is 4.90 Å². The maximum atomic E-state index is 10.6. The van der Waals surface area contributed by atoms with Crippen molar-refractivity contribution in [2.45, 2.75) is 50.4 Å². The number of alkyl halides is 6. The molecule has 2 fully saturated rings. The Kier molecular flexibility index (Phi) is 10.2. The molecule has 0 saturated carbocycles. The first-order chi connectivity index (χ1) is 17.1. The second-order valence-corrected chi connectivity index (χ2v) is 9.04. The zero-order valence-corrected chi connectivity index (χ0v) is 19.9. The summed E-state index contributed by atoms with van der Waals surface area (Å²) < 4.78 is 75.6. The molecule has 2 saturated heterocycles. The van der Waals surface area contributed by atoms with E-state index in [0.717, 1.165) is 42.7 Å². The minimum Gasteiger partial charge on any atom is -0.475 e. The number of aryl methyl sites for hydroxylation is 1. The zero-order valence-electron chi connectivity index (χ0n) is 19.1. The largest absolute Gasteiger partial charge is 0.490 e. The lowest BCUT2D eigenvalue weighted by molar-refractivity contribution is -0.193. The number of carboxylic acids is 2. The lowest BCUT2D eigenvalue weighted by Crippen LogP contribution is -2.66. The Labute approximate surface area is 209 Å². The molecule has 4 rings (SSSR count). The van der Waals surface area contributed by atoms with Gasteiger partial charge in [0.15, 0.2) is 0 Å². The van der Waals surface area contributed by atoms with Crippen molar-refractivity contribution in [1.29, 1.82) is 0 Å². The number of aliphatic carboxylic acids is 2. The van der Waals surface area contributed by atoms with Gasteiger partial charge < -0.3 is 24.6 Å². The third-order valence-electron chi connectivity index (χ3n) is 4.91. The third-order valence-corrected chi connectivity index (χ3v) is 5.81. The molecule has 206 valence electrons. The minimum absolute atomic E-state index is 0.0687. The van der Waals surface area contributed by atoms with Crippen LogP contribution >= 0.6 is 11.3 Å². The molecule has 2 aliphatic rings. The monoisotopic (exact) mass is 560 g/mol. The molecule has 2 N–H and O–H groups in total. The van der Waals surface area contributed by atoms with Crippen molar-refractivity contribution < 1.29 is 55.6 Å². The van der Waals surface area contributed by atoms with Crippen molar-refractivity contribution in [1.82, 2.24) is 15.2 Å². The van der Waals surface area contributed by atoms with Crippen LogP contribution in [0.3, 0.4) is 0 Å². The fraction of sp³-hybridized carbons (Fsp3) is 0.550. The van der Waals surface area contributed by atoms with Gasteiger partial charge in [-0.3, -0.25) is 4.98 Å². The molecule has 2 aromatic heterocycles. The van der Waals surface area contributed by atoms with Crippen LogP contribution in [0.2, 0.25) is 0 Å². The zero-order chi connectivity index (χ0) is 27.9. The van der Waals surface area contributed by atoms with Crippen molar-refractivity contribution in [2.24, 2.45) is 0 Å². The highest BCUT2D eigenvalue weighted by Crippen LogP contribution is 2.38. The summed E-state index contributed by atoms with van der Waals surface area (Å²) in [5.41, 5.74) is 1.10. The van der Waals surface area contributed by atoms with Gasteiger partial charge in [-0.05, 0) is 31.0 Å². The molecule has 17 heteroatoms. The summed E-state index contributed by atoms with van der Waals surface area (Å²) in [4.78, 5) is 24.1. The number of nitrogens with zero attached hydrogens (tertiary/aromatic N) is 4. The molecular weight excluding hydrogens is 538 g/mol. The number of halogens is 6. The quantitative estimate of drug-likeness (QED) is 0.536. The Balaban J connectivity index is 0.000000286. The molecule has 0 aromatic carbocycles. The number of ether oxygens (including phenoxy) is 2. The normalized spacial score (nSPS) is 18.6. The number of rotatable bonds is 4. The van der Waals surface area contributed by atoms with Gasteiger partial charge in [0, 0.05) is 25.4 Å². The van der Waals surface area contributed by atoms with E-state index in [-0.39, 0.29) is 11.7 Å². The van der Waals surface area contributed by atoms with Gasteiger partial charge in [-0.1, -0.05) is 11.3 Å². The highest BCUT2D eigenvalue weighted by atomic mass is 32.1. The number of carboxylic acid groups (broad SMARTS) is 2. The minimum atomic E-state index is -5.08. The van der Waals surface area contributed by atoms with Crippen molar-refractivity contribution >= 4 is 28.4 Å². The summed E-state index contributed by atoms with van der Waals surface area (Å²) in [6, 6.07) is 4.00. The van der Waals surface area contributed by atoms with Crippen LogP contribution in [0.4, 0.5) is 31.5 Å². The SMILES string of the molecule is Cc1nnc(N2CC3(CC(OCc4ccncc4)CCO3)C2)s1.O=C(O)C(F)(F)F.O=C(O)C(F)(F)F. The number of hydrogen-bond acceptors (Lipinski definition) is 9. The first-order valence-corrected chi connectivity index (χ1v) is 11.2. The Bertz CT molecular complexity index is 1010. The van der Waals surface area contributed by atoms with Crippen LogP contribution in [0, 0.1) is 6.92 Å². The van der Waals surface area contributed by atoms with E-state index in [9.17, 15) is 26.3 Å². The summed E-state index contributed by atoms with van der Waals surface area (Å²) in [7, 11) is 0. The molecule has 2 aliphatic heterocycles. The lowest BCUT2D eigenvalue weighted by atomic mass is 9.85. The highest BCUT2D eigenvalue weighted by Gasteiger charge is 2.49. The van der Waals surface area contributed by atoms with Crippen LogP contribution in [0.15, 0.2) is 24.5 Å². The van der Waals surface area contributed by atoms with Gasteiger partial charge in [0.2, 0.25) is 5.13 Å². The van der Waals surface area contributed by atoms with Crippen molar-refractivity contribution in [2.75, 3.05) is 24.6 Å². The first-order valence-electron chi connectivity index (χ1n) is 10.4. The molecule has 0 bridgehead atoms. The van der Waals surface area contributed by atoms with Crippen LogP contribution in [-0.2, 0) is 25.7 Å². The second kappa shape index (κ2) is 12.5. The number of aromatic nitrogens is 3. The summed E-state index contributed by atoms with van der Waals surface area (Å²) in [5.74, 6) is -5.51. The Morgan fingerprint density at radius 1 is 1.11 bits per heavy atom. The van der Waals surface area contributed by atoms with Gasteiger partial charge in [-0.2, -0.15) is 26.3 Å². The summed E-state index contributed by atoms with van der Waals surface area (Å²) in [6.07, 6.45) is -4.39. The molecule has 1 spiro atoms. The van der Waals surface area contributed by atoms with E-state index in [4.69, 9.17) is 29.3 Å². The Morgan fingerprint density at radius 3 is 2.11 bits per heavy atom. The molecule has 37 heavy (non-hydrogen) atoms. The molecule has 0 radical (unpaired) electrons. The smallest absolute Gasteiger partial charge is 0.475 e. The standard InChI is InChI=1S/C16H20N4O2S.2C2HF3O2/c1-12-18-19-15(23-12)20-10-16(11-20)8-14(4-7-22-16)21-9-13-2-5-17-6-3-13;2*3-2(4,5)1(6)7/h2-3,5-6,14H,4,7-11H2,1H3;2*(H,6,7). The van der Waals surface area contributed by atoms with Gasteiger partial charge >= 0.3 is 24.3 Å². The number of carbonyl (C=O) groups is 2. The molecular formula is C20H22F6N4O6S. The maximum absolute atomic E-state index is 10.6. The van der Waals surface area contributed by atoms with Gasteiger partial charge in [0.05, 0.1) is 25.8 Å². The predicted molar refractivity (Wildman–Crippen MR) is 115 cm³/mol. The fourth-order valence-electron chi connectivity index (χ4n) is 3.24. The average molecular weight is 560 g/mol. The summed E-state index contributed by atoms with van der Waals surface area (Å²) in [6.45, 7) is 5.16. The van der Waals surface area contributed by atoms with Gasteiger partial charge in [-0.25, -0.2) is 9.59 Å². The van der Waals surface area contributed by atoms with Crippen LogP contribution in [-0.4, -0.2) is 81.1 Å². The van der Waals surface area contributed by atoms with Crippen molar-refractivity contribution in [3.8, 4) is 0 Å². The number of hydrogen-bond donors (Lipinski definition) is 2. The molecule has 10 nitrogen and oxygen atoms in total. The van der Waals surface area contributed by atoms with Gasteiger partial charge in [0.25, 0.3) is 0 Å². The van der Waals surface area contributed by atoms with Gasteiger partial charge in [0.1, 0.15) is 10.6 Å². The molecule has 0 aliphatic carbocycles. The second-order valence-electron chi connectivity index (χ2n) is 7.88. The van der Waals surface area contributed by atoms with Crippen LogP contribution in [0.5, 0.6) is 0 Å². The molecule has 0 amide bonds. The van der Waals surface area contributed by atoms with Crippen LogP contribution in [0.1, 0.15) is 23.4 Å². The first kappa shape index (κ1) is 30.2. The van der Waals surface area contributed by atoms with E-state index in [1.54, 1.807) is 23.7 Å². The number of pyridine rings is 1. The van der Waals surface area contributed by atoms with E-state index < -0.39 is 24.3 Å². The highest BCUT2D eigenvalue weighted by molar-refractivity contribution is 7.15. The molecule has 1 unspecified atom stereocenters. The Morgan fingerprint density at radius 2 is 1.65 bits per heavy atom. The van der Waals surface area contributed by atoms with E-state index in [1.807, 2.05) is 19.1 Å². The van der Waals surface area contributed by atoms with Gasteiger partial charge in [-0.15, -0.1) is 10.2 Å². The van der Waals surface area contributed by atoms with Crippen molar-refractivity contribution in [3.05, 3.63) is 35.1 Å². The molecule has 4 heterocycles. The van der Waals surface area contributed by atoms with E-state index in [1.165, 1.54) is 5.56 Å². The number of anilines is 1. The molecule has 1 atom stereocenters. The topological polar surface area (TPSA) is 135 Å². The van der Waals surface area contributed by atoms with Crippen molar-refractivity contribution in [3.63, 3.8) is 0 Å². The van der Waals surface area contributed by atoms with Crippen LogP contribution in [0.25, 0.3) is 0 Å². The maximum Gasteiger partial charge on any atom is 0.490 e. The molecule has 2 aromatic rings. The fourth-order valence-corrected chi connectivity index (χ4v) is 3.92. The van der Waals surface area contributed by atoms with E-state index in [0.29, 0.717) is 6.61 Å². The average Bonchev–Trinajstić information content (AvgIpc) is 3.22. The third kappa shape index (κ3) is 9.73. The summed E-state index contributed by atoms with van der Waals surface area (Å²) >= 11 is 1.64. The Hall–Kier alpha value is -3.05. The van der Waals surface area contributed by atoms with E-state index >= 15 is 0 Å².